The van der Waals surface area contributed by atoms with Crippen LogP contribution in [-0.4, -0.2) is 15.5 Å². The van der Waals surface area contributed by atoms with Gasteiger partial charge in [0, 0.05) is 28.2 Å². The zero-order valence-electron chi connectivity index (χ0n) is 22.5. The average molecular weight is 582 g/mol. The Labute approximate surface area is 247 Å². The molecule has 6 rings (SSSR count). The first-order valence-corrected chi connectivity index (χ1v) is 14.5. The Kier molecular flexibility index (Phi) is 8.00. The average Bonchev–Trinajstić information content (AvgIpc) is 3.52. The van der Waals surface area contributed by atoms with Crippen LogP contribution in [0.2, 0.25) is 5.02 Å². The first-order chi connectivity index (χ1) is 20.0. The van der Waals surface area contributed by atoms with Crippen LogP contribution in [0.15, 0.2) is 97.1 Å². The smallest absolute Gasteiger partial charge is 0.248 e. The van der Waals surface area contributed by atoms with E-state index in [0.29, 0.717) is 24.8 Å². The van der Waals surface area contributed by atoms with E-state index in [2.05, 4.69) is 27.2 Å². The maximum absolute atomic E-state index is 13.0. The maximum Gasteiger partial charge on any atom is 0.248 e. The number of para-hydroxylation sites is 1. The second-order valence-electron chi connectivity index (χ2n) is 9.80. The lowest BCUT2D eigenvalue weighted by molar-refractivity contribution is -0.133. The molecule has 206 valence electrons. The highest BCUT2D eigenvalue weighted by Gasteiger charge is 2.18. The van der Waals surface area contributed by atoms with Crippen LogP contribution >= 0.6 is 22.9 Å². The lowest BCUT2D eigenvalue weighted by Gasteiger charge is -2.10. The molecule has 0 unspecified atom stereocenters. The van der Waals surface area contributed by atoms with Gasteiger partial charge in [0.05, 0.1) is 23.2 Å². The molecule has 0 saturated heterocycles. The normalized spacial score (nSPS) is 11.3. The van der Waals surface area contributed by atoms with Crippen LogP contribution < -0.4 is 10.2 Å². The quantitative estimate of drug-likeness (QED) is 0.169. The van der Waals surface area contributed by atoms with E-state index in [1.165, 1.54) is 0 Å². The molecule has 0 radical (unpaired) electrons. The molecule has 0 fully saturated rings. The fraction of sp³-hybridized carbons (Fsp3) is 0.152. The van der Waals surface area contributed by atoms with Crippen molar-refractivity contribution in [1.82, 2.24) is 15.0 Å². The molecular formula is C33H28ClN3O3S. The molecule has 6 aromatic rings. The molecule has 0 bridgehead atoms. The Hall–Kier alpha value is -4.17. The minimum Gasteiger partial charge on any atom is -0.486 e. The number of aromatic nitrogens is 2. The van der Waals surface area contributed by atoms with Gasteiger partial charge in [0.15, 0.2) is 0 Å². The topological polar surface area (TPSA) is 65.4 Å². The molecule has 0 aliphatic rings. The molecule has 8 heteroatoms. The Balaban J connectivity index is 1.25. The minimum absolute atomic E-state index is 0.173. The third kappa shape index (κ3) is 6.28. The van der Waals surface area contributed by atoms with Crippen LogP contribution in [0.5, 0.6) is 5.75 Å². The van der Waals surface area contributed by atoms with Crippen LogP contribution in [0.3, 0.4) is 0 Å². The van der Waals surface area contributed by atoms with Crippen LogP contribution in [0.4, 0.5) is 0 Å². The van der Waals surface area contributed by atoms with E-state index < -0.39 is 0 Å². The number of hydroxylamine groups is 1. The van der Waals surface area contributed by atoms with Crippen molar-refractivity contribution in [2.45, 2.75) is 33.1 Å². The second kappa shape index (κ2) is 12.1. The number of hydrogen-bond donors (Lipinski definition) is 1. The van der Waals surface area contributed by atoms with Crippen molar-refractivity contribution in [1.29, 1.82) is 0 Å². The van der Waals surface area contributed by atoms with Gasteiger partial charge in [0.1, 0.15) is 17.4 Å². The van der Waals surface area contributed by atoms with E-state index in [1.54, 1.807) is 11.3 Å². The number of hydrogen-bond acceptors (Lipinski definition) is 5. The summed E-state index contributed by atoms with van der Waals surface area (Å²) in [6.07, 6.45) is 0.173. The summed E-state index contributed by atoms with van der Waals surface area (Å²) >= 11 is 7.75. The molecule has 1 N–H and O–H groups in total. The number of nitrogens with zero attached hydrogens (tertiary/aromatic N) is 2. The Morgan fingerprint density at radius 3 is 2.51 bits per heavy atom. The van der Waals surface area contributed by atoms with E-state index in [1.807, 2.05) is 91.9 Å². The molecule has 0 saturated carbocycles. The summed E-state index contributed by atoms with van der Waals surface area (Å²) in [5.74, 6) is 0.512. The summed E-state index contributed by atoms with van der Waals surface area (Å²) in [7, 11) is 0. The van der Waals surface area contributed by atoms with Gasteiger partial charge < -0.3 is 9.30 Å². The molecule has 4 aromatic carbocycles. The number of nitrogens with one attached hydrogen (secondary N) is 1. The van der Waals surface area contributed by atoms with Crippen molar-refractivity contribution >= 4 is 50.0 Å². The fourth-order valence-electron chi connectivity index (χ4n) is 4.92. The van der Waals surface area contributed by atoms with Gasteiger partial charge >= 0.3 is 0 Å². The molecule has 41 heavy (non-hydrogen) atoms. The van der Waals surface area contributed by atoms with Gasteiger partial charge in [-0.1, -0.05) is 66.2 Å². The molecule has 0 spiro atoms. The van der Waals surface area contributed by atoms with E-state index >= 15 is 0 Å². The van der Waals surface area contributed by atoms with Gasteiger partial charge in [-0.25, -0.2) is 10.5 Å². The van der Waals surface area contributed by atoms with Crippen molar-refractivity contribution in [3.8, 4) is 5.75 Å². The van der Waals surface area contributed by atoms with Crippen LogP contribution in [0.1, 0.15) is 27.4 Å². The molecule has 0 aliphatic heterocycles. The summed E-state index contributed by atoms with van der Waals surface area (Å²) in [5.41, 5.74) is 8.66. The van der Waals surface area contributed by atoms with E-state index in [4.69, 9.17) is 21.2 Å². The number of rotatable bonds is 10. The SMILES string of the molecule is Cc1c(CC(=O)NOCc2ccccc2)c2cc(OCc3nc4ccccc4s3)ccc2n1Cc1ccc(Cl)cc1. The Bertz CT molecular complexity index is 1780. The summed E-state index contributed by atoms with van der Waals surface area (Å²) in [5, 5.41) is 2.58. The van der Waals surface area contributed by atoms with Crippen molar-refractivity contribution in [2.75, 3.05) is 0 Å². The largest absolute Gasteiger partial charge is 0.486 e. The summed E-state index contributed by atoms with van der Waals surface area (Å²) in [6, 6.07) is 31.7. The van der Waals surface area contributed by atoms with E-state index in [9.17, 15) is 4.79 Å². The van der Waals surface area contributed by atoms with Crippen molar-refractivity contribution in [3.63, 3.8) is 0 Å². The maximum atomic E-state index is 13.0. The van der Waals surface area contributed by atoms with Crippen molar-refractivity contribution < 1.29 is 14.4 Å². The van der Waals surface area contributed by atoms with Crippen LogP contribution in [0.25, 0.3) is 21.1 Å². The van der Waals surface area contributed by atoms with Crippen LogP contribution in [0, 0.1) is 6.92 Å². The van der Waals surface area contributed by atoms with Gasteiger partial charge in [-0.05, 0) is 66.1 Å². The molecule has 1 amide bonds. The molecule has 0 aliphatic carbocycles. The second-order valence-corrected chi connectivity index (χ2v) is 11.3. The Morgan fingerprint density at radius 1 is 0.927 bits per heavy atom. The third-order valence-corrected chi connectivity index (χ3v) is 8.25. The van der Waals surface area contributed by atoms with Gasteiger partial charge in [0.2, 0.25) is 5.91 Å². The van der Waals surface area contributed by atoms with Gasteiger partial charge in [-0.3, -0.25) is 9.63 Å². The first kappa shape index (κ1) is 27.0. The number of carbonyl (C=O) groups excluding carboxylic acids is 1. The number of amides is 1. The molecule has 2 aromatic heterocycles. The number of halogens is 1. The summed E-state index contributed by atoms with van der Waals surface area (Å²) < 4.78 is 9.55. The molecule has 0 atom stereocenters. The standard InChI is InChI=1S/C33H28ClN3O3S/c1-22-27(18-32(38)36-40-20-24-7-3-2-4-8-24)28-17-26(39-21-33-35-29-9-5-6-10-31(29)41-33)15-16-30(28)37(22)19-23-11-13-25(34)14-12-23/h2-17H,18-21H2,1H3,(H,36,38). The lowest BCUT2D eigenvalue weighted by Crippen LogP contribution is -2.25. The number of fused-ring (bicyclic) bond motifs is 2. The summed E-state index contributed by atoms with van der Waals surface area (Å²) in [6.45, 7) is 3.37. The highest BCUT2D eigenvalue weighted by atomic mass is 35.5. The molecule has 6 nitrogen and oxygen atoms in total. The predicted octanol–water partition coefficient (Wildman–Crippen LogP) is 7.63. The predicted molar refractivity (Wildman–Crippen MR) is 164 cm³/mol. The van der Waals surface area contributed by atoms with Crippen molar-refractivity contribution in [3.05, 3.63) is 129 Å². The number of benzene rings is 4. The number of thiazole rings is 1. The zero-order valence-corrected chi connectivity index (χ0v) is 24.0. The minimum atomic E-state index is -0.213. The number of ether oxygens (including phenoxy) is 1. The Morgan fingerprint density at radius 2 is 1.71 bits per heavy atom. The number of carbonyl (C=O) groups is 1. The highest BCUT2D eigenvalue weighted by molar-refractivity contribution is 7.18. The van der Waals surface area contributed by atoms with E-state index in [-0.39, 0.29) is 12.3 Å². The van der Waals surface area contributed by atoms with Crippen LogP contribution in [-0.2, 0) is 35.8 Å². The van der Waals surface area contributed by atoms with Gasteiger partial charge in [-0.2, -0.15) is 0 Å². The fourth-order valence-corrected chi connectivity index (χ4v) is 5.92. The third-order valence-electron chi connectivity index (χ3n) is 6.98. The van der Waals surface area contributed by atoms with Gasteiger partial charge in [0.25, 0.3) is 0 Å². The highest BCUT2D eigenvalue weighted by Crippen LogP contribution is 2.32. The zero-order chi connectivity index (χ0) is 28.2. The monoisotopic (exact) mass is 581 g/mol. The molecule has 2 heterocycles. The van der Waals surface area contributed by atoms with E-state index in [0.717, 1.165) is 54.3 Å². The van der Waals surface area contributed by atoms with Gasteiger partial charge in [-0.15, -0.1) is 11.3 Å². The lowest BCUT2D eigenvalue weighted by atomic mass is 10.1. The first-order valence-electron chi connectivity index (χ1n) is 13.3. The molecular weight excluding hydrogens is 554 g/mol. The summed E-state index contributed by atoms with van der Waals surface area (Å²) in [4.78, 5) is 23.2. The van der Waals surface area contributed by atoms with Crippen molar-refractivity contribution in [2.24, 2.45) is 0 Å².